The van der Waals surface area contributed by atoms with Crippen molar-refractivity contribution in [2.45, 2.75) is 45.1 Å². The van der Waals surface area contributed by atoms with Crippen LogP contribution in [0.3, 0.4) is 0 Å². The first-order valence-corrected chi connectivity index (χ1v) is 8.03. The summed E-state index contributed by atoms with van der Waals surface area (Å²) in [6, 6.07) is 13.6. The van der Waals surface area contributed by atoms with Crippen molar-refractivity contribution < 1.29 is 0 Å². The van der Waals surface area contributed by atoms with Gasteiger partial charge in [0.15, 0.2) is 0 Å². The van der Waals surface area contributed by atoms with Crippen LogP contribution in [-0.4, -0.2) is 11.5 Å². The largest absolute Gasteiger partial charge is 0.309 e. The highest BCUT2D eigenvalue weighted by atomic mass is 14.9. The molecule has 0 spiro atoms. The van der Waals surface area contributed by atoms with Gasteiger partial charge in [0.05, 0.1) is 0 Å². The maximum absolute atomic E-state index is 4.50. The van der Waals surface area contributed by atoms with Crippen LogP contribution in [0.2, 0.25) is 0 Å². The lowest BCUT2D eigenvalue weighted by atomic mass is 9.88. The highest BCUT2D eigenvalue weighted by molar-refractivity contribution is 5.38. The van der Waals surface area contributed by atoms with Gasteiger partial charge in [0.2, 0.25) is 0 Å². The van der Waals surface area contributed by atoms with Crippen molar-refractivity contribution in [3.8, 4) is 0 Å². The summed E-state index contributed by atoms with van der Waals surface area (Å²) in [5.74, 6) is 0.567. The molecule has 21 heavy (non-hydrogen) atoms. The third-order valence-corrected chi connectivity index (χ3v) is 4.49. The van der Waals surface area contributed by atoms with E-state index in [9.17, 15) is 0 Å². The average molecular weight is 280 g/mol. The third kappa shape index (κ3) is 3.01. The van der Waals surface area contributed by atoms with Gasteiger partial charge in [-0.25, -0.2) is 0 Å². The fourth-order valence-electron chi connectivity index (χ4n) is 3.39. The molecule has 3 rings (SSSR count). The van der Waals surface area contributed by atoms with Crippen molar-refractivity contribution in [2.75, 3.05) is 6.54 Å². The summed E-state index contributed by atoms with van der Waals surface area (Å²) in [4.78, 5) is 4.50. The summed E-state index contributed by atoms with van der Waals surface area (Å²) in [7, 11) is 0. The predicted octanol–water partition coefficient (Wildman–Crippen LogP) is 4.16. The van der Waals surface area contributed by atoms with E-state index in [2.05, 4.69) is 53.6 Å². The molecule has 110 valence electrons. The Balaban J connectivity index is 1.91. The number of nitrogens with zero attached hydrogens (tertiary/aromatic N) is 1. The minimum absolute atomic E-state index is 0.377. The van der Waals surface area contributed by atoms with E-state index in [0.29, 0.717) is 12.0 Å². The lowest BCUT2D eigenvalue weighted by Crippen LogP contribution is -2.27. The van der Waals surface area contributed by atoms with Crippen LogP contribution in [-0.2, 0) is 6.42 Å². The van der Waals surface area contributed by atoms with Crippen molar-refractivity contribution in [2.24, 2.45) is 0 Å². The van der Waals surface area contributed by atoms with E-state index < -0.39 is 0 Å². The van der Waals surface area contributed by atoms with Gasteiger partial charge in [0.1, 0.15) is 0 Å². The lowest BCUT2D eigenvalue weighted by molar-refractivity contribution is 0.441. The van der Waals surface area contributed by atoms with Crippen LogP contribution < -0.4 is 5.32 Å². The Labute approximate surface area is 127 Å². The molecule has 1 aromatic heterocycles. The van der Waals surface area contributed by atoms with Gasteiger partial charge in [-0.1, -0.05) is 37.3 Å². The Morgan fingerprint density at radius 1 is 1.24 bits per heavy atom. The van der Waals surface area contributed by atoms with Crippen molar-refractivity contribution in [1.82, 2.24) is 10.3 Å². The SMILES string of the molecule is CCCNC(c1ccc(C)nc1)C1CCc2ccccc21. The molecule has 0 saturated carbocycles. The molecule has 0 amide bonds. The van der Waals surface area contributed by atoms with Crippen LogP contribution in [0.1, 0.15) is 54.1 Å². The molecule has 0 saturated heterocycles. The molecule has 2 heteroatoms. The Kier molecular flexibility index (Phi) is 4.35. The summed E-state index contributed by atoms with van der Waals surface area (Å²) in [5, 5.41) is 3.75. The number of nitrogens with one attached hydrogen (secondary N) is 1. The minimum atomic E-state index is 0.377. The monoisotopic (exact) mass is 280 g/mol. The molecule has 1 aliphatic carbocycles. The Morgan fingerprint density at radius 2 is 2.10 bits per heavy atom. The van der Waals surface area contributed by atoms with Crippen LogP contribution >= 0.6 is 0 Å². The van der Waals surface area contributed by atoms with Crippen LogP contribution in [0.25, 0.3) is 0 Å². The molecule has 0 radical (unpaired) electrons. The fourth-order valence-corrected chi connectivity index (χ4v) is 3.39. The molecule has 1 heterocycles. The van der Waals surface area contributed by atoms with Gasteiger partial charge in [-0.2, -0.15) is 0 Å². The molecule has 1 aromatic carbocycles. The van der Waals surface area contributed by atoms with Gasteiger partial charge >= 0.3 is 0 Å². The predicted molar refractivity (Wildman–Crippen MR) is 87.5 cm³/mol. The summed E-state index contributed by atoms with van der Waals surface area (Å²) < 4.78 is 0. The van der Waals surface area contributed by atoms with Crippen LogP contribution in [0.5, 0.6) is 0 Å². The molecule has 0 fully saturated rings. The van der Waals surface area contributed by atoms with Gasteiger partial charge in [-0.05, 0) is 55.5 Å². The molecule has 0 bridgehead atoms. The van der Waals surface area contributed by atoms with Gasteiger partial charge in [-0.15, -0.1) is 0 Å². The number of aromatic nitrogens is 1. The van der Waals surface area contributed by atoms with Crippen molar-refractivity contribution in [1.29, 1.82) is 0 Å². The number of fused-ring (bicyclic) bond motifs is 1. The zero-order chi connectivity index (χ0) is 14.7. The number of rotatable bonds is 5. The van der Waals surface area contributed by atoms with E-state index in [1.54, 1.807) is 0 Å². The Morgan fingerprint density at radius 3 is 2.86 bits per heavy atom. The van der Waals surface area contributed by atoms with Crippen LogP contribution in [0.4, 0.5) is 0 Å². The van der Waals surface area contributed by atoms with E-state index in [1.807, 2.05) is 13.1 Å². The fraction of sp³-hybridized carbons (Fsp3) is 0.421. The first-order valence-electron chi connectivity index (χ1n) is 8.03. The van der Waals surface area contributed by atoms with E-state index >= 15 is 0 Å². The van der Waals surface area contributed by atoms with Gasteiger partial charge in [0.25, 0.3) is 0 Å². The number of hydrogen-bond acceptors (Lipinski definition) is 2. The summed E-state index contributed by atoms with van der Waals surface area (Å²) >= 11 is 0. The molecule has 2 nitrogen and oxygen atoms in total. The second kappa shape index (κ2) is 6.40. The molecule has 2 aromatic rings. The molecule has 1 N–H and O–H groups in total. The van der Waals surface area contributed by atoms with E-state index in [1.165, 1.54) is 29.5 Å². The highest BCUT2D eigenvalue weighted by Crippen LogP contribution is 2.41. The van der Waals surface area contributed by atoms with E-state index in [-0.39, 0.29) is 0 Å². The van der Waals surface area contributed by atoms with Crippen molar-refractivity contribution >= 4 is 0 Å². The summed E-state index contributed by atoms with van der Waals surface area (Å²) in [6.45, 7) is 5.32. The smallest absolute Gasteiger partial charge is 0.0405 e. The Bertz CT molecular complexity index is 589. The summed E-state index contributed by atoms with van der Waals surface area (Å²) in [5.41, 5.74) is 5.44. The molecule has 2 unspecified atom stereocenters. The molecular weight excluding hydrogens is 256 g/mol. The van der Waals surface area contributed by atoms with E-state index in [4.69, 9.17) is 0 Å². The number of hydrogen-bond donors (Lipinski definition) is 1. The molecule has 0 aliphatic heterocycles. The van der Waals surface area contributed by atoms with Crippen molar-refractivity contribution in [3.05, 3.63) is 65.0 Å². The first-order chi connectivity index (χ1) is 10.3. The van der Waals surface area contributed by atoms with Gasteiger partial charge in [0, 0.05) is 23.9 Å². The van der Waals surface area contributed by atoms with Crippen LogP contribution in [0.15, 0.2) is 42.6 Å². The number of benzene rings is 1. The molecule has 2 atom stereocenters. The van der Waals surface area contributed by atoms with E-state index in [0.717, 1.165) is 18.7 Å². The molecule has 1 aliphatic rings. The minimum Gasteiger partial charge on any atom is -0.309 e. The number of pyridine rings is 1. The third-order valence-electron chi connectivity index (χ3n) is 4.49. The maximum atomic E-state index is 4.50. The highest BCUT2D eigenvalue weighted by Gasteiger charge is 2.30. The second-order valence-electron chi connectivity index (χ2n) is 6.01. The standard InChI is InChI=1S/C19H24N2/c1-3-12-20-19(16-9-8-14(2)21-13-16)18-11-10-15-6-4-5-7-17(15)18/h4-9,13,18-20H,3,10-12H2,1-2H3. The second-order valence-corrected chi connectivity index (χ2v) is 6.01. The quantitative estimate of drug-likeness (QED) is 0.889. The zero-order valence-corrected chi connectivity index (χ0v) is 13.0. The topological polar surface area (TPSA) is 24.9 Å². The first kappa shape index (κ1) is 14.3. The average Bonchev–Trinajstić information content (AvgIpc) is 2.93. The van der Waals surface area contributed by atoms with Crippen molar-refractivity contribution in [3.63, 3.8) is 0 Å². The summed E-state index contributed by atoms with van der Waals surface area (Å²) in [6.07, 6.45) is 5.63. The maximum Gasteiger partial charge on any atom is 0.0405 e. The van der Waals surface area contributed by atoms with Gasteiger partial charge in [-0.3, -0.25) is 4.98 Å². The number of aryl methyl sites for hydroxylation is 2. The zero-order valence-electron chi connectivity index (χ0n) is 13.0. The normalized spacial score (nSPS) is 18.5. The Hall–Kier alpha value is -1.67. The lowest BCUT2D eigenvalue weighted by Gasteiger charge is -2.26. The molecular formula is C19H24N2. The van der Waals surface area contributed by atoms with Crippen LogP contribution in [0, 0.1) is 6.92 Å². The van der Waals surface area contributed by atoms with Gasteiger partial charge < -0.3 is 5.32 Å².